The Labute approximate surface area is 103 Å². The Kier molecular flexibility index (Phi) is 4.65. The van der Waals surface area contributed by atoms with Gasteiger partial charge >= 0.3 is 5.97 Å². The third-order valence-corrected chi connectivity index (χ3v) is 3.86. The topological polar surface area (TPSA) is 57.5 Å². The van der Waals surface area contributed by atoms with Gasteiger partial charge in [0.15, 0.2) is 0 Å². The van der Waals surface area contributed by atoms with Gasteiger partial charge in [-0.1, -0.05) is 24.6 Å². The summed E-state index contributed by atoms with van der Waals surface area (Å²) >= 11 is 7.14. The standard InChI is InChI=1S/C11H13ClO3S/c1-6(13)7(2)16-9-5-3-4-8(12)10(9)11(14)15/h3-7,13H,1-2H3,(H,14,15). The minimum atomic E-state index is -1.05. The molecule has 3 nitrogen and oxygen atoms in total. The summed E-state index contributed by atoms with van der Waals surface area (Å²) in [5.74, 6) is -1.05. The maximum atomic E-state index is 11.0. The molecule has 88 valence electrons. The van der Waals surface area contributed by atoms with Crippen LogP contribution in [0.2, 0.25) is 5.02 Å². The van der Waals surface area contributed by atoms with E-state index in [1.807, 2.05) is 6.92 Å². The largest absolute Gasteiger partial charge is 0.478 e. The molecular formula is C11H13ClO3S. The van der Waals surface area contributed by atoms with Crippen LogP contribution in [-0.2, 0) is 0 Å². The lowest BCUT2D eigenvalue weighted by molar-refractivity contribution is 0.0693. The number of hydrogen-bond acceptors (Lipinski definition) is 3. The van der Waals surface area contributed by atoms with Crippen molar-refractivity contribution in [3.63, 3.8) is 0 Å². The van der Waals surface area contributed by atoms with Gasteiger partial charge in [-0.3, -0.25) is 0 Å². The molecule has 0 aromatic heterocycles. The average molecular weight is 261 g/mol. The second-order valence-corrected chi connectivity index (χ2v) is 5.31. The van der Waals surface area contributed by atoms with Crippen molar-refractivity contribution in [2.45, 2.75) is 30.1 Å². The normalized spacial score (nSPS) is 14.5. The molecule has 0 saturated carbocycles. The first-order valence-electron chi connectivity index (χ1n) is 4.80. The lowest BCUT2D eigenvalue weighted by Crippen LogP contribution is -2.15. The molecule has 0 amide bonds. The minimum absolute atomic E-state index is 0.0865. The van der Waals surface area contributed by atoms with Crippen LogP contribution in [0.5, 0.6) is 0 Å². The zero-order valence-corrected chi connectivity index (χ0v) is 10.5. The summed E-state index contributed by atoms with van der Waals surface area (Å²) in [6.07, 6.45) is -0.509. The first-order valence-corrected chi connectivity index (χ1v) is 6.05. The summed E-state index contributed by atoms with van der Waals surface area (Å²) in [7, 11) is 0. The summed E-state index contributed by atoms with van der Waals surface area (Å²) in [6.45, 7) is 3.50. The highest BCUT2D eigenvalue weighted by atomic mass is 35.5. The van der Waals surface area contributed by atoms with Crippen molar-refractivity contribution in [1.82, 2.24) is 0 Å². The lowest BCUT2D eigenvalue weighted by Gasteiger charge is -2.15. The number of hydrogen-bond donors (Lipinski definition) is 2. The van der Waals surface area contributed by atoms with Crippen molar-refractivity contribution in [3.8, 4) is 0 Å². The highest BCUT2D eigenvalue weighted by molar-refractivity contribution is 8.00. The number of rotatable bonds is 4. The molecule has 2 unspecified atom stereocenters. The number of halogens is 1. The first kappa shape index (κ1) is 13.4. The van der Waals surface area contributed by atoms with Gasteiger partial charge in [-0.15, -0.1) is 11.8 Å². The molecule has 0 bridgehead atoms. The molecular weight excluding hydrogens is 248 g/mol. The summed E-state index contributed by atoms with van der Waals surface area (Å²) < 4.78 is 0. The van der Waals surface area contributed by atoms with E-state index in [9.17, 15) is 9.90 Å². The van der Waals surface area contributed by atoms with Crippen LogP contribution in [0, 0.1) is 0 Å². The van der Waals surface area contributed by atoms with Crippen LogP contribution in [0.4, 0.5) is 0 Å². The second-order valence-electron chi connectivity index (χ2n) is 3.48. The van der Waals surface area contributed by atoms with Crippen molar-refractivity contribution >= 4 is 29.3 Å². The number of aliphatic hydroxyl groups excluding tert-OH is 1. The number of aromatic carboxylic acids is 1. The monoisotopic (exact) mass is 260 g/mol. The fourth-order valence-corrected chi connectivity index (χ4v) is 2.49. The van der Waals surface area contributed by atoms with Crippen LogP contribution in [0.3, 0.4) is 0 Å². The summed E-state index contributed by atoms with van der Waals surface area (Å²) in [4.78, 5) is 11.6. The minimum Gasteiger partial charge on any atom is -0.478 e. The first-order chi connectivity index (χ1) is 7.43. The molecule has 2 atom stereocenters. The zero-order valence-electron chi connectivity index (χ0n) is 8.98. The number of benzene rings is 1. The van der Waals surface area contributed by atoms with Crippen molar-refractivity contribution in [2.75, 3.05) is 0 Å². The summed E-state index contributed by atoms with van der Waals surface area (Å²) in [5.41, 5.74) is 0.0988. The van der Waals surface area contributed by atoms with Gasteiger partial charge in [0.05, 0.1) is 16.7 Å². The Morgan fingerprint density at radius 2 is 2.06 bits per heavy atom. The van der Waals surface area contributed by atoms with Gasteiger partial charge < -0.3 is 10.2 Å². The van der Waals surface area contributed by atoms with Gasteiger partial charge in [-0.25, -0.2) is 4.79 Å². The molecule has 0 aliphatic heterocycles. The van der Waals surface area contributed by atoms with E-state index in [1.165, 1.54) is 11.8 Å². The average Bonchev–Trinajstić information content (AvgIpc) is 2.16. The van der Waals surface area contributed by atoms with Gasteiger partial charge in [0, 0.05) is 10.1 Å². The molecule has 16 heavy (non-hydrogen) atoms. The highest BCUT2D eigenvalue weighted by Gasteiger charge is 2.18. The third-order valence-electron chi connectivity index (χ3n) is 2.18. The molecule has 1 aromatic rings. The van der Waals surface area contributed by atoms with Crippen LogP contribution in [-0.4, -0.2) is 27.5 Å². The van der Waals surface area contributed by atoms with E-state index in [4.69, 9.17) is 16.7 Å². The number of aliphatic hydroxyl groups is 1. The van der Waals surface area contributed by atoms with Gasteiger partial charge in [0.1, 0.15) is 0 Å². The molecule has 0 radical (unpaired) electrons. The Bertz CT molecular complexity index is 393. The summed E-state index contributed by atoms with van der Waals surface area (Å²) in [5, 5.41) is 18.5. The molecule has 0 heterocycles. The van der Waals surface area contributed by atoms with Crippen molar-refractivity contribution in [2.24, 2.45) is 0 Å². The van der Waals surface area contributed by atoms with Crippen LogP contribution in [0.25, 0.3) is 0 Å². The predicted molar refractivity (Wildman–Crippen MR) is 65.4 cm³/mol. The maximum Gasteiger partial charge on any atom is 0.338 e. The Morgan fingerprint density at radius 3 is 2.56 bits per heavy atom. The summed E-state index contributed by atoms with van der Waals surface area (Å²) in [6, 6.07) is 4.94. The van der Waals surface area contributed by atoms with E-state index in [2.05, 4.69) is 0 Å². The van der Waals surface area contributed by atoms with E-state index in [0.29, 0.717) is 4.90 Å². The van der Waals surface area contributed by atoms with E-state index in [0.717, 1.165) is 0 Å². The number of carboxylic acid groups (broad SMARTS) is 1. The third kappa shape index (κ3) is 3.14. The Hall–Kier alpha value is -0.710. The number of thioether (sulfide) groups is 1. The van der Waals surface area contributed by atoms with E-state index < -0.39 is 12.1 Å². The van der Waals surface area contributed by atoms with Gasteiger partial charge in [-0.2, -0.15) is 0 Å². The molecule has 0 spiro atoms. The fourth-order valence-electron chi connectivity index (χ4n) is 1.11. The molecule has 0 saturated heterocycles. The molecule has 0 fully saturated rings. The van der Waals surface area contributed by atoms with E-state index in [-0.39, 0.29) is 15.8 Å². The molecule has 0 aliphatic carbocycles. The fraction of sp³-hybridized carbons (Fsp3) is 0.364. The van der Waals surface area contributed by atoms with Crippen molar-refractivity contribution in [1.29, 1.82) is 0 Å². The molecule has 0 aliphatic rings. The number of carboxylic acids is 1. The quantitative estimate of drug-likeness (QED) is 0.818. The van der Waals surface area contributed by atoms with Gasteiger partial charge in [0.25, 0.3) is 0 Å². The lowest BCUT2D eigenvalue weighted by atomic mass is 10.2. The van der Waals surface area contributed by atoms with Crippen molar-refractivity contribution < 1.29 is 15.0 Å². The van der Waals surface area contributed by atoms with Gasteiger partial charge in [-0.05, 0) is 19.1 Å². The SMILES string of the molecule is CC(O)C(C)Sc1cccc(Cl)c1C(=O)O. The molecule has 5 heteroatoms. The van der Waals surface area contributed by atoms with Crippen LogP contribution < -0.4 is 0 Å². The van der Waals surface area contributed by atoms with E-state index >= 15 is 0 Å². The van der Waals surface area contributed by atoms with Crippen LogP contribution in [0.1, 0.15) is 24.2 Å². The van der Waals surface area contributed by atoms with Crippen molar-refractivity contribution in [3.05, 3.63) is 28.8 Å². The maximum absolute atomic E-state index is 11.0. The molecule has 1 aromatic carbocycles. The van der Waals surface area contributed by atoms with Gasteiger partial charge in [0.2, 0.25) is 0 Å². The predicted octanol–water partition coefficient (Wildman–Crippen LogP) is 2.90. The van der Waals surface area contributed by atoms with Crippen LogP contribution >= 0.6 is 23.4 Å². The van der Waals surface area contributed by atoms with Crippen LogP contribution in [0.15, 0.2) is 23.1 Å². The number of carbonyl (C=O) groups is 1. The molecule has 2 N–H and O–H groups in total. The second kappa shape index (κ2) is 5.57. The zero-order chi connectivity index (χ0) is 12.3. The molecule has 1 rings (SSSR count). The Morgan fingerprint density at radius 1 is 1.44 bits per heavy atom. The Balaban J connectivity index is 3.04. The van der Waals surface area contributed by atoms with E-state index in [1.54, 1.807) is 25.1 Å². The highest BCUT2D eigenvalue weighted by Crippen LogP contribution is 2.32. The smallest absolute Gasteiger partial charge is 0.338 e.